The quantitative estimate of drug-likeness (QED) is 0.697. The summed E-state index contributed by atoms with van der Waals surface area (Å²) >= 11 is 0. The molecule has 1 N–H and O–H groups in total. The molecule has 3 aromatic rings. The van der Waals surface area contributed by atoms with Crippen molar-refractivity contribution in [3.05, 3.63) is 48.5 Å². The summed E-state index contributed by atoms with van der Waals surface area (Å²) in [4.78, 5) is 22.7. The molecule has 0 atom stereocenters. The minimum absolute atomic E-state index is 0.128. The summed E-state index contributed by atoms with van der Waals surface area (Å²) in [5.74, 6) is 0.120. The third-order valence-electron chi connectivity index (χ3n) is 2.84. The van der Waals surface area contributed by atoms with Gasteiger partial charge in [-0.05, 0) is 12.1 Å². The molecule has 18 heavy (non-hydrogen) atoms. The predicted molar refractivity (Wildman–Crippen MR) is 69.3 cm³/mol. The van der Waals surface area contributed by atoms with E-state index in [1.54, 1.807) is 6.20 Å². The van der Waals surface area contributed by atoms with Gasteiger partial charge in [-0.2, -0.15) is 0 Å². The van der Waals surface area contributed by atoms with Gasteiger partial charge in [0.2, 0.25) is 0 Å². The van der Waals surface area contributed by atoms with Crippen molar-refractivity contribution in [3.63, 3.8) is 0 Å². The molecule has 0 saturated carbocycles. The molecule has 0 bridgehead atoms. The van der Waals surface area contributed by atoms with Crippen LogP contribution in [0.5, 0.6) is 0 Å². The Kier molecular flexibility index (Phi) is 2.41. The molecule has 0 saturated heterocycles. The Bertz CT molecular complexity index is 730. The normalized spacial score (nSPS) is 10.7. The lowest BCUT2D eigenvalue weighted by molar-refractivity contribution is 0.100. The minimum Gasteiger partial charge on any atom is -0.360 e. The van der Waals surface area contributed by atoms with Crippen molar-refractivity contribution < 1.29 is 4.79 Å². The zero-order chi connectivity index (χ0) is 12.5. The van der Waals surface area contributed by atoms with Crippen LogP contribution >= 0.6 is 0 Å². The number of Topliss-reactive ketones (excluding diaryl/α,β-unsaturated/α-hetero) is 1. The second kappa shape index (κ2) is 4.07. The Labute approximate surface area is 104 Å². The van der Waals surface area contributed by atoms with Crippen molar-refractivity contribution in [3.8, 4) is 11.3 Å². The number of ketones is 1. The second-order valence-corrected chi connectivity index (χ2v) is 4.07. The molecule has 0 spiro atoms. The van der Waals surface area contributed by atoms with Crippen LogP contribution in [0.1, 0.15) is 17.5 Å². The van der Waals surface area contributed by atoms with E-state index in [1.165, 1.54) is 6.92 Å². The van der Waals surface area contributed by atoms with Crippen LogP contribution in [0, 0.1) is 0 Å². The summed E-state index contributed by atoms with van der Waals surface area (Å²) < 4.78 is 0. The van der Waals surface area contributed by atoms with Crippen LogP contribution in [-0.4, -0.2) is 20.7 Å². The minimum atomic E-state index is -0.128. The average Bonchev–Trinajstić information content (AvgIpc) is 2.82. The molecule has 1 aromatic carbocycles. The molecule has 0 amide bonds. The summed E-state index contributed by atoms with van der Waals surface area (Å²) in [6, 6.07) is 9.79. The number of aromatic nitrogens is 3. The number of carbonyl (C=O) groups excluding carboxylic acids is 1. The Hall–Kier alpha value is -2.49. The summed E-state index contributed by atoms with van der Waals surface area (Å²) in [5, 5.41) is 1.09. The van der Waals surface area contributed by atoms with Gasteiger partial charge >= 0.3 is 0 Å². The summed E-state index contributed by atoms with van der Waals surface area (Å²) in [5.41, 5.74) is 2.79. The molecule has 0 aliphatic heterocycles. The van der Waals surface area contributed by atoms with E-state index >= 15 is 0 Å². The first-order chi connectivity index (χ1) is 8.75. The van der Waals surface area contributed by atoms with Crippen molar-refractivity contribution in [2.45, 2.75) is 6.92 Å². The van der Waals surface area contributed by atoms with E-state index < -0.39 is 0 Å². The van der Waals surface area contributed by atoms with Gasteiger partial charge in [-0.25, -0.2) is 9.97 Å². The van der Waals surface area contributed by atoms with Crippen LogP contribution in [-0.2, 0) is 0 Å². The summed E-state index contributed by atoms with van der Waals surface area (Å²) in [6.45, 7) is 1.47. The lowest BCUT2D eigenvalue weighted by Crippen LogP contribution is -2.01. The topological polar surface area (TPSA) is 58.6 Å². The maximum atomic E-state index is 11.3. The molecule has 2 aromatic heterocycles. The Morgan fingerprint density at radius 2 is 2.06 bits per heavy atom. The molecule has 0 aliphatic carbocycles. The monoisotopic (exact) mass is 237 g/mol. The van der Waals surface area contributed by atoms with E-state index in [1.807, 2.05) is 36.5 Å². The largest absolute Gasteiger partial charge is 0.360 e. The molecular weight excluding hydrogens is 226 g/mol. The van der Waals surface area contributed by atoms with Gasteiger partial charge in [0.15, 0.2) is 11.6 Å². The van der Waals surface area contributed by atoms with Gasteiger partial charge in [0.1, 0.15) is 0 Å². The average molecular weight is 237 g/mol. The number of fused-ring (bicyclic) bond motifs is 1. The molecule has 88 valence electrons. The fourth-order valence-electron chi connectivity index (χ4n) is 1.96. The van der Waals surface area contributed by atoms with E-state index in [2.05, 4.69) is 15.0 Å². The smallest absolute Gasteiger partial charge is 0.196 e. The molecule has 0 fully saturated rings. The first-order valence-electron chi connectivity index (χ1n) is 5.66. The third kappa shape index (κ3) is 1.68. The SMILES string of the molecule is CC(=O)c1nccc(-c2c[nH]c3ccccc23)n1. The molecule has 0 radical (unpaired) electrons. The van der Waals surface area contributed by atoms with E-state index in [4.69, 9.17) is 0 Å². The van der Waals surface area contributed by atoms with E-state index in [9.17, 15) is 4.79 Å². The molecule has 3 rings (SSSR count). The first-order valence-corrected chi connectivity index (χ1v) is 5.66. The Morgan fingerprint density at radius 3 is 2.89 bits per heavy atom. The van der Waals surface area contributed by atoms with Gasteiger partial charge in [-0.3, -0.25) is 4.79 Å². The molecule has 0 unspecified atom stereocenters. The number of carbonyl (C=O) groups is 1. The van der Waals surface area contributed by atoms with Crippen LogP contribution in [0.2, 0.25) is 0 Å². The molecule has 2 heterocycles. The van der Waals surface area contributed by atoms with Gasteiger partial charge in [-0.1, -0.05) is 18.2 Å². The van der Waals surface area contributed by atoms with Crippen LogP contribution in [0.15, 0.2) is 42.7 Å². The van der Waals surface area contributed by atoms with Crippen molar-refractivity contribution in [2.75, 3.05) is 0 Å². The van der Waals surface area contributed by atoms with Crippen molar-refractivity contribution in [1.82, 2.24) is 15.0 Å². The zero-order valence-corrected chi connectivity index (χ0v) is 9.84. The molecule has 4 heteroatoms. The van der Waals surface area contributed by atoms with E-state index in [0.29, 0.717) is 0 Å². The number of hydrogen-bond donors (Lipinski definition) is 1. The van der Waals surface area contributed by atoms with Crippen LogP contribution in [0.3, 0.4) is 0 Å². The highest BCUT2D eigenvalue weighted by molar-refractivity contribution is 5.95. The Morgan fingerprint density at radius 1 is 1.22 bits per heavy atom. The molecule has 0 aliphatic rings. The van der Waals surface area contributed by atoms with Crippen LogP contribution in [0.4, 0.5) is 0 Å². The summed E-state index contributed by atoms with van der Waals surface area (Å²) in [6.07, 6.45) is 3.51. The van der Waals surface area contributed by atoms with Gasteiger partial charge < -0.3 is 4.98 Å². The van der Waals surface area contributed by atoms with Crippen molar-refractivity contribution in [1.29, 1.82) is 0 Å². The highest BCUT2D eigenvalue weighted by Gasteiger charge is 2.09. The number of nitrogens with zero attached hydrogens (tertiary/aromatic N) is 2. The number of nitrogens with one attached hydrogen (secondary N) is 1. The zero-order valence-electron chi connectivity index (χ0n) is 9.84. The van der Waals surface area contributed by atoms with Crippen LogP contribution in [0.25, 0.3) is 22.2 Å². The molecular formula is C14H11N3O. The standard InChI is InChI=1S/C14H11N3O/c1-9(18)14-15-7-6-13(17-14)11-8-16-12-5-3-2-4-10(11)12/h2-8,16H,1H3. The third-order valence-corrected chi connectivity index (χ3v) is 2.84. The number of benzene rings is 1. The van der Waals surface area contributed by atoms with Gasteiger partial charge in [0.25, 0.3) is 0 Å². The number of para-hydroxylation sites is 1. The van der Waals surface area contributed by atoms with Gasteiger partial charge in [0.05, 0.1) is 5.69 Å². The predicted octanol–water partition coefficient (Wildman–Crippen LogP) is 2.83. The summed E-state index contributed by atoms with van der Waals surface area (Å²) in [7, 11) is 0. The van der Waals surface area contributed by atoms with Gasteiger partial charge in [-0.15, -0.1) is 0 Å². The number of aromatic amines is 1. The lowest BCUT2D eigenvalue weighted by Gasteiger charge is -2.00. The number of hydrogen-bond acceptors (Lipinski definition) is 3. The highest BCUT2D eigenvalue weighted by Crippen LogP contribution is 2.26. The lowest BCUT2D eigenvalue weighted by atomic mass is 10.1. The highest BCUT2D eigenvalue weighted by atomic mass is 16.1. The fourth-order valence-corrected chi connectivity index (χ4v) is 1.96. The van der Waals surface area contributed by atoms with Crippen LogP contribution < -0.4 is 0 Å². The fraction of sp³-hybridized carbons (Fsp3) is 0.0714. The van der Waals surface area contributed by atoms with E-state index in [0.717, 1.165) is 22.2 Å². The Balaban J connectivity index is 2.20. The number of H-pyrrole nitrogens is 1. The second-order valence-electron chi connectivity index (χ2n) is 4.07. The number of rotatable bonds is 2. The maximum Gasteiger partial charge on any atom is 0.196 e. The van der Waals surface area contributed by atoms with Gasteiger partial charge in [0, 0.05) is 35.8 Å². The first kappa shape index (κ1) is 10.7. The van der Waals surface area contributed by atoms with E-state index in [-0.39, 0.29) is 11.6 Å². The molecule has 4 nitrogen and oxygen atoms in total. The van der Waals surface area contributed by atoms with Crippen molar-refractivity contribution in [2.24, 2.45) is 0 Å². The van der Waals surface area contributed by atoms with Crippen molar-refractivity contribution >= 4 is 16.7 Å². The maximum absolute atomic E-state index is 11.3.